The molecule has 0 unspecified atom stereocenters. The summed E-state index contributed by atoms with van der Waals surface area (Å²) in [6, 6.07) is 6.87. The number of ether oxygens (including phenoxy) is 2. The summed E-state index contributed by atoms with van der Waals surface area (Å²) in [5, 5.41) is 8.50. The summed E-state index contributed by atoms with van der Waals surface area (Å²) >= 11 is 0. The standard InChI is InChI=1S/C14H16N2O3/c15-7-4-13(17)12-2-1-3-14(16-12)19-10-11-5-8-18-9-6-11/h1-3,11H,4-6,8-10H2. The summed E-state index contributed by atoms with van der Waals surface area (Å²) in [5.74, 6) is 0.642. The fourth-order valence-corrected chi connectivity index (χ4v) is 1.93. The molecule has 1 saturated heterocycles. The van der Waals surface area contributed by atoms with Gasteiger partial charge in [-0.2, -0.15) is 5.26 Å². The summed E-state index contributed by atoms with van der Waals surface area (Å²) in [6.45, 7) is 2.15. The molecule has 0 aromatic carbocycles. The predicted octanol–water partition coefficient (Wildman–Crippen LogP) is 1.98. The van der Waals surface area contributed by atoms with Crippen LogP contribution in [-0.2, 0) is 4.74 Å². The molecule has 0 N–H and O–H groups in total. The van der Waals surface area contributed by atoms with Crippen molar-refractivity contribution in [2.75, 3.05) is 19.8 Å². The van der Waals surface area contributed by atoms with E-state index < -0.39 is 0 Å². The minimum atomic E-state index is -0.279. The van der Waals surface area contributed by atoms with Crippen LogP contribution in [0.5, 0.6) is 5.88 Å². The first-order valence-electron chi connectivity index (χ1n) is 6.37. The lowest BCUT2D eigenvalue weighted by Crippen LogP contribution is -2.21. The molecule has 100 valence electrons. The van der Waals surface area contributed by atoms with Gasteiger partial charge in [-0.25, -0.2) is 4.98 Å². The molecule has 0 radical (unpaired) electrons. The van der Waals surface area contributed by atoms with Crippen LogP contribution in [0.4, 0.5) is 0 Å². The molecule has 5 heteroatoms. The Balaban J connectivity index is 1.91. The lowest BCUT2D eigenvalue weighted by Gasteiger charge is -2.21. The van der Waals surface area contributed by atoms with E-state index in [0.717, 1.165) is 26.1 Å². The monoisotopic (exact) mass is 260 g/mol. The fourth-order valence-electron chi connectivity index (χ4n) is 1.93. The van der Waals surface area contributed by atoms with Crippen LogP contribution in [0.15, 0.2) is 18.2 Å². The first-order chi connectivity index (χ1) is 9.29. The molecule has 0 amide bonds. The van der Waals surface area contributed by atoms with Gasteiger partial charge in [0.2, 0.25) is 5.88 Å². The number of carbonyl (C=O) groups is 1. The lowest BCUT2D eigenvalue weighted by atomic mass is 10.0. The predicted molar refractivity (Wildman–Crippen MR) is 67.8 cm³/mol. The van der Waals surface area contributed by atoms with Crippen LogP contribution < -0.4 is 4.74 Å². The Bertz CT molecular complexity index is 476. The zero-order chi connectivity index (χ0) is 13.5. The molecule has 0 atom stereocenters. The van der Waals surface area contributed by atoms with Gasteiger partial charge < -0.3 is 9.47 Å². The van der Waals surface area contributed by atoms with Gasteiger partial charge in [0, 0.05) is 19.3 Å². The van der Waals surface area contributed by atoms with Crippen LogP contribution in [-0.4, -0.2) is 30.6 Å². The third-order valence-corrected chi connectivity index (χ3v) is 3.06. The Morgan fingerprint density at radius 2 is 2.26 bits per heavy atom. The van der Waals surface area contributed by atoms with Crippen molar-refractivity contribution < 1.29 is 14.3 Å². The van der Waals surface area contributed by atoms with Crippen molar-refractivity contribution in [1.29, 1.82) is 5.26 Å². The second-order valence-electron chi connectivity index (χ2n) is 4.49. The zero-order valence-corrected chi connectivity index (χ0v) is 10.7. The van der Waals surface area contributed by atoms with E-state index in [4.69, 9.17) is 14.7 Å². The Morgan fingerprint density at radius 3 is 3.00 bits per heavy atom. The number of pyridine rings is 1. The summed E-state index contributed by atoms with van der Waals surface area (Å²) in [6.07, 6.45) is 1.83. The molecule has 1 aromatic rings. The average molecular weight is 260 g/mol. The number of hydrogen-bond donors (Lipinski definition) is 0. The van der Waals surface area contributed by atoms with Gasteiger partial charge in [-0.3, -0.25) is 4.79 Å². The minimum absolute atomic E-state index is 0.156. The van der Waals surface area contributed by atoms with Crippen molar-refractivity contribution in [2.24, 2.45) is 5.92 Å². The van der Waals surface area contributed by atoms with Crippen LogP contribution >= 0.6 is 0 Å². The Morgan fingerprint density at radius 1 is 1.47 bits per heavy atom. The second kappa shape index (κ2) is 6.86. The number of rotatable bonds is 5. The maximum atomic E-state index is 11.5. The highest BCUT2D eigenvalue weighted by molar-refractivity contribution is 5.95. The maximum absolute atomic E-state index is 11.5. The lowest BCUT2D eigenvalue weighted by molar-refractivity contribution is 0.0490. The topological polar surface area (TPSA) is 72.2 Å². The molecule has 1 fully saturated rings. The molecule has 5 nitrogen and oxygen atoms in total. The SMILES string of the molecule is N#CCC(=O)c1cccc(OCC2CCOCC2)n1. The molecule has 2 heterocycles. The second-order valence-corrected chi connectivity index (χ2v) is 4.49. The molecule has 0 bridgehead atoms. The zero-order valence-electron chi connectivity index (χ0n) is 10.7. The van der Waals surface area contributed by atoms with E-state index in [9.17, 15) is 4.79 Å². The maximum Gasteiger partial charge on any atom is 0.213 e. The molecule has 1 aliphatic rings. The van der Waals surface area contributed by atoms with Crippen molar-refractivity contribution in [3.8, 4) is 11.9 Å². The van der Waals surface area contributed by atoms with Crippen molar-refractivity contribution in [3.05, 3.63) is 23.9 Å². The van der Waals surface area contributed by atoms with E-state index in [2.05, 4.69) is 4.98 Å². The van der Waals surface area contributed by atoms with Crippen LogP contribution in [0.2, 0.25) is 0 Å². The third kappa shape index (κ3) is 4.04. The number of ketones is 1. The highest BCUT2D eigenvalue weighted by atomic mass is 16.5. The largest absolute Gasteiger partial charge is 0.477 e. The van der Waals surface area contributed by atoms with Crippen molar-refractivity contribution in [3.63, 3.8) is 0 Å². The molecule has 19 heavy (non-hydrogen) atoms. The van der Waals surface area contributed by atoms with E-state index >= 15 is 0 Å². The summed E-state index contributed by atoms with van der Waals surface area (Å²) < 4.78 is 10.9. The van der Waals surface area contributed by atoms with E-state index in [1.165, 1.54) is 0 Å². The van der Waals surface area contributed by atoms with Gasteiger partial charge in [0.15, 0.2) is 5.78 Å². The number of nitrogens with zero attached hydrogens (tertiary/aromatic N) is 2. The summed E-state index contributed by atoms with van der Waals surface area (Å²) in [4.78, 5) is 15.7. The smallest absolute Gasteiger partial charge is 0.213 e. The first kappa shape index (κ1) is 13.5. The third-order valence-electron chi connectivity index (χ3n) is 3.06. The Hall–Kier alpha value is -1.93. The Kier molecular flexibility index (Phi) is 4.87. The highest BCUT2D eigenvalue weighted by Gasteiger charge is 2.15. The average Bonchev–Trinajstić information content (AvgIpc) is 2.47. The van der Waals surface area contributed by atoms with Crippen LogP contribution in [0.3, 0.4) is 0 Å². The molecule has 0 spiro atoms. The molecule has 0 aliphatic carbocycles. The van der Waals surface area contributed by atoms with Crippen molar-refractivity contribution >= 4 is 5.78 Å². The fraction of sp³-hybridized carbons (Fsp3) is 0.500. The van der Waals surface area contributed by atoms with Crippen LogP contribution in [0.25, 0.3) is 0 Å². The van der Waals surface area contributed by atoms with Gasteiger partial charge in [0.1, 0.15) is 12.1 Å². The van der Waals surface area contributed by atoms with E-state index in [0.29, 0.717) is 18.4 Å². The number of Topliss-reactive ketones (excluding diaryl/α,β-unsaturated/α-hetero) is 1. The normalized spacial score (nSPS) is 15.7. The van der Waals surface area contributed by atoms with E-state index in [1.807, 2.05) is 6.07 Å². The molecule has 1 aliphatic heterocycles. The molecule has 1 aromatic heterocycles. The van der Waals surface area contributed by atoms with Gasteiger partial charge >= 0.3 is 0 Å². The summed E-state index contributed by atoms with van der Waals surface area (Å²) in [7, 11) is 0. The van der Waals surface area contributed by atoms with Gasteiger partial charge in [-0.05, 0) is 24.8 Å². The van der Waals surface area contributed by atoms with E-state index in [1.54, 1.807) is 18.2 Å². The summed E-state index contributed by atoms with van der Waals surface area (Å²) in [5.41, 5.74) is 0.283. The van der Waals surface area contributed by atoms with Crippen molar-refractivity contribution in [2.45, 2.75) is 19.3 Å². The van der Waals surface area contributed by atoms with Gasteiger partial charge in [0.05, 0.1) is 12.7 Å². The molecular formula is C14H16N2O3. The van der Waals surface area contributed by atoms with Crippen molar-refractivity contribution in [1.82, 2.24) is 4.98 Å². The number of carbonyl (C=O) groups excluding carboxylic acids is 1. The van der Waals surface area contributed by atoms with E-state index in [-0.39, 0.29) is 17.9 Å². The Labute approximate surface area is 112 Å². The van der Waals surface area contributed by atoms with Gasteiger partial charge in [-0.15, -0.1) is 0 Å². The molecule has 0 saturated carbocycles. The number of nitriles is 1. The van der Waals surface area contributed by atoms with Gasteiger partial charge in [0.25, 0.3) is 0 Å². The number of aromatic nitrogens is 1. The van der Waals surface area contributed by atoms with Crippen LogP contribution in [0.1, 0.15) is 29.8 Å². The first-order valence-corrected chi connectivity index (χ1v) is 6.37. The minimum Gasteiger partial charge on any atom is -0.477 e. The molecule has 2 rings (SSSR count). The van der Waals surface area contributed by atoms with Gasteiger partial charge in [-0.1, -0.05) is 6.07 Å². The van der Waals surface area contributed by atoms with Crippen LogP contribution in [0, 0.1) is 17.2 Å². The molecular weight excluding hydrogens is 244 g/mol. The number of hydrogen-bond acceptors (Lipinski definition) is 5. The quantitative estimate of drug-likeness (QED) is 0.757. The highest BCUT2D eigenvalue weighted by Crippen LogP contribution is 2.17.